The number of Topliss-reactive ketones (excluding diaryl/α,β-unsaturated/α-hetero) is 2. The minimum absolute atomic E-state index is 0.279. The third-order valence-corrected chi connectivity index (χ3v) is 2.07. The molecule has 5 heteroatoms. The van der Waals surface area contributed by atoms with Crippen molar-refractivity contribution in [2.45, 2.75) is 6.42 Å². The third kappa shape index (κ3) is 3.24. The smallest absolute Gasteiger partial charge is 0.374 e. The number of carbonyl (C=O) groups excluding carboxylic acids is 3. The molecule has 0 aliphatic carbocycles. The second kappa shape index (κ2) is 5.56. The van der Waals surface area contributed by atoms with Crippen LogP contribution < -0.4 is 0 Å². The third-order valence-electron chi connectivity index (χ3n) is 2.07. The molecule has 0 aliphatic heterocycles. The van der Waals surface area contributed by atoms with Crippen LogP contribution in [-0.2, 0) is 14.3 Å². The van der Waals surface area contributed by atoms with Crippen molar-refractivity contribution in [3.05, 3.63) is 35.4 Å². The van der Waals surface area contributed by atoms with Gasteiger partial charge in [-0.25, -0.2) is 4.79 Å². The average Bonchev–Trinajstić information content (AvgIpc) is 2.37. The molecule has 86 valence electrons. The van der Waals surface area contributed by atoms with E-state index in [0.29, 0.717) is 5.56 Å². The summed E-state index contributed by atoms with van der Waals surface area (Å²) in [5.74, 6) is -2.40. The first-order valence-electron chi connectivity index (χ1n) is 4.73. The highest BCUT2D eigenvalue weighted by atomic mass is 16.5. The van der Waals surface area contributed by atoms with Crippen LogP contribution in [0.1, 0.15) is 22.3 Å². The monoisotopic (exact) mass is 231 g/mol. The lowest BCUT2D eigenvalue weighted by Gasteiger charge is -1.99. The molecule has 1 aromatic carbocycles. The van der Waals surface area contributed by atoms with Crippen LogP contribution in [-0.4, -0.2) is 24.6 Å². The van der Waals surface area contributed by atoms with Crippen LogP contribution in [0.4, 0.5) is 0 Å². The van der Waals surface area contributed by atoms with E-state index in [0.717, 1.165) is 7.11 Å². The second-order valence-corrected chi connectivity index (χ2v) is 3.20. The first-order valence-corrected chi connectivity index (χ1v) is 4.73. The predicted octanol–water partition coefficient (Wildman–Crippen LogP) is 0.873. The summed E-state index contributed by atoms with van der Waals surface area (Å²) >= 11 is 0. The highest BCUT2D eigenvalue weighted by Crippen LogP contribution is 2.06. The van der Waals surface area contributed by atoms with E-state index in [-0.39, 0.29) is 5.56 Å². The van der Waals surface area contributed by atoms with Gasteiger partial charge in [0.2, 0.25) is 5.78 Å². The van der Waals surface area contributed by atoms with Gasteiger partial charge >= 0.3 is 5.97 Å². The van der Waals surface area contributed by atoms with Gasteiger partial charge < -0.3 is 4.74 Å². The van der Waals surface area contributed by atoms with E-state index in [1.165, 1.54) is 24.3 Å². The van der Waals surface area contributed by atoms with Crippen LogP contribution in [0.3, 0.4) is 0 Å². The molecular weight excluding hydrogens is 222 g/mol. The van der Waals surface area contributed by atoms with E-state index >= 15 is 0 Å². The highest BCUT2D eigenvalue weighted by Gasteiger charge is 2.19. The number of hydrogen-bond acceptors (Lipinski definition) is 5. The lowest BCUT2D eigenvalue weighted by molar-refractivity contribution is -0.151. The Bertz CT molecular complexity index is 496. The van der Waals surface area contributed by atoms with E-state index in [1.807, 2.05) is 6.07 Å². The van der Waals surface area contributed by atoms with Crippen LogP contribution in [0.15, 0.2) is 24.3 Å². The fraction of sp³-hybridized carbons (Fsp3) is 0.167. The van der Waals surface area contributed by atoms with E-state index in [9.17, 15) is 14.4 Å². The van der Waals surface area contributed by atoms with Crippen molar-refractivity contribution in [2.75, 3.05) is 7.11 Å². The Morgan fingerprint density at radius 3 is 2.29 bits per heavy atom. The fourth-order valence-electron chi connectivity index (χ4n) is 1.16. The molecule has 0 aromatic heterocycles. The van der Waals surface area contributed by atoms with Gasteiger partial charge in [0.1, 0.15) is 0 Å². The zero-order chi connectivity index (χ0) is 12.8. The molecule has 0 atom stereocenters. The van der Waals surface area contributed by atoms with Gasteiger partial charge in [0.15, 0.2) is 5.78 Å². The second-order valence-electron chi connectivity index (χ2n) is 3.20. The maximum atomic E-state index is 11.6. The Labute approximate surface area is 97.6 Å². The van der Waals surface area contributed by atoms with Crippen molar-refractivity contribution >= 4 is 17.5 Å². The molecule has 0 amide bonds. The van der Waals surface area contributed by atoms with Crippen LogP contribution in [0, 0.1) is 11.3 Å². The lowest BCUT2D eigenvalue weighted by Crippen LogP contribution is -2.19. The normalized spacial score (nSPS) is 9.18. The topological polar surface area (TPSA) is 84.2 Å². The van der Waals surface area contributed by atoms with Gasteiger partial charge in [-0.2, -0.15) is 5.26 Å². The summed E-state index contributed by atoms with van der Waals surface area (Å²) in [6.07, 6.45) is -0.529. The highest BCUT2D eigenvalue weighted by molar-refractivity contribution is 6.38. The summed E-state index contributed by atoms with van der Waals surface area (Å²) < 4.78 is 4.20. The largest absolute Gasteiger partial charge is 0.463 e. The standard InChI is InChI=1S/C12H9NO4/c1-17-12(16)11(15)6-10(14)9-4-2-8(7-13)3-5-9/h2-5H,6H2,1H3. The predicted molar refractivity (Wildman–Crippen MR) is 57.1 cm³/mol. The van der Waals surface area contributed by atoms with Gasteiger partial charge in [0.05, 0.1) is 25.2 Å². The summed E-state index contributed by atoms with van der Waals surface area (Å²) in [6.45, 7) is 0. The summed E-state index contributed by atoms with van der Waals surface area (Å²) in [6, 6.07) is 7.72. The van der Waals surface area contributed by atoms with Crippen LogP contribution >= 0.6 is 0 Å². The van der Waals surface area contributed by atoms with Crippen molar-refractivity contribution < 1.29 is 19.1 Å². The van der Waals surface area contributed by atoms with Crippen molar-refractivity contribution in [3.8, 4) is 6.07 Å². The van der Waals surface area contributed by atoms with Gasteiger partial charge in [0.25, 0.3) is 0 Å². The minimum Gasteiger partial charge on any atom is -0.463 e. The number of esters is 1. The Balaban J connectivity index is 2.74. The lowest BCUT2D eigenvalue weighted by atomic mass is 10.0. The van der Waals surface area contributed by atoms with E-state index in [4.69, 9.17) is 5.26 Å². The van der Waals surface area contributed by atoms with Gasteiger partial charge in [-0.15, -0.1) is 0 Å². The molecule has 0 bridgehead atoms. The molecule has 0 radical (unpaired) electrons. The molecule has 0 spiro atoms. The molecule has 0 N–H and O–H groups in total. The molecule has 1 aromatic rings. The Hall–Kier alpha value is -2.48. The summed E-state index contributed by atoms with van der Waals surface area (Å²) in [5.41, 5.74) is 0.696. The zero-order valence-corrected chi connectivity index (χ0v) is 9.10. The summed E-state index contributed by atoms with van der Waals surface area (Å²) in [5, 5.41) is 8.57. The molecule has 0 saturated heterocycles. The van der Waals surface area contributed by atoms with E-state index in [2.05, 4.69) is 4.74 Å². The number of nitriles is 1. The average molecular weight is 231 g/mol. The molecule has 0 aliphatic rings. The van der Waals surface area contributed by atoms with Crippen molar-refractivity contribution in [3.63, 3.8) is 0 Å². The number of benzene rings is 1. The van der Waals surface area contributed by atoms with Crippen LogP contribution in [0.5, 0.6) is 0 Å². The molecule has 17 heavy (non-hydrogen) atoms. The molecule has 0 saturated carbocycles. The van der Waals surface area contributed by atoms with Gasteiger partial charge in [-0.05, 0) is 12.1 Å². The number of nitrogens with zero attached hydrogens (tertiary/aromatic N) is 1. The minimum atomic E-state index is -1.04. The molecule has 0 fully saturated rings. The Morgan fingerprint density at radius 1 is 1.24 bits per heavy atom. The van der Waals surface area contributed by atoms with Gasteiger partial charge in [-0.1, -0.05) is 12.1 Å². The SMILES string of the molecule is COC(=O)C(=O)CC(=O)c1ccc(C#N)cc1. The van der Waals surface area contributed by atoms with Gasteiger partial charge in [-0.3, -0.25) is 9.59 Å². The van der Waals surface area contributed by atoms with Crippen LogP contribution in [0.2, 0.25) is 0 Å². The summed E-state index contributed by atoms with van der Waals surface area (Å²) in [7, 11) is 1.08. The van der Waals surface area contributed by atoms with Gasteiger partial charge in [0, 0.05) is 5.56 Å². The molecule has 1 rings (SSSR count). The molecule has 0 unspecified atom stereocenters. The maximum Gasteiger partial charge on any atom is 0.374 e. The number of ketones is 2. The number of rotatable bonds is 4. The molecular formula is C12H9NO4. The number of ether oxygens (including phenoxy) is 1. The zero-order valence-electron chi connectivity index (χ0n) is 9.10. The Kier molecular flexibility index (Phi) is 4.12. The van der Waals surface area contributed by atoms with Crippen molar-refractivity contribution in [2.24, 2.45) is 0 Å². The van der Waals surface area contributed by atoms with Crippen LogP contribution in [0.25, 0.3) is 0 Å². The number of methoxy groups -OCH3 is 1. The Morgan fingerprint density at radius 2 is 1.82 bits per heavy atom. The number of carbonyl (C=O) groups is 3. The molecule has 5 nitrogen and oxygen atoms in total. The first-order chi connectivity index (χ1) is 8.08. The quantitative estimate of drug-likeness (QED) is 0.332. The van der Waals surface area contributed by atoms with E-state index in [1.54, 1.807) is 0 Å². The maximum absolute atomic E-state index is 11.6. The first kappa shape index (κ1) is 12.6. The van der Waals surface area contributed by atoms with E-state index < -0.39 is 24.0 Å². The number of hydrogen-bond donors (Lipinski definition) is 0. The van der Waals surface area contributed by atoms with Crippen molar-refractivity contribution in [1.82, 2.24) is 0 Å². The summed E-state index contributed by atoms with van der Waals surface area (Å²) in [4.78, 5) is 33.5. The molecule has 0 heterocycles. The van der Waals surface area contributed by atoms with Crippen molar-refractivity contribution in [1.29, 1.82) is 5.26 Å². The fourth-order valence-corrected chi connectivity index (χ4v) is 1.16.